The minimum absolute atomic E-state index is 0.631. The monoisotopic (exact) mass is 291 g/mol. The average Bonchev–Trinajstić information content (AvgIpc) is 2.66. The lowest BCUT2D eigenvalue weighted by Gasteiger charge is -2.26. The molecule has 6 heteroatoms. The molecule has 1 unspecified atom stereocenters. The standard InChI is InChI=1S/C9H14BrN3OS/c1-13(9-12-11-8(10)15-9)5-7-3-2-4-14-6-7/h7H,2-6H2,1H3. The Labute approximate surface area is 102 Å². The highest BCUT2D eigenvalue weighted by molar-refractivity contribution is 9.11. The molecule has 0 bridgehead atoms. The van der Waals surface area contributed by atoms with E-state index in [1.165, 1.54) is 12.8 Å². The quantitative estimate of drug-likeness (QED) is 0.855. The molecule has 0 saturated carbocycles. The van der Waals surface area contributed by atoms with Gasteiger partial charge in [-0.1, -0.05) is 11.3 Å². The minimum atomic E-state index is 0.631. The van der Waals surface area contributed by atoms with Crippen LogP contribution in [0.25, 0.3) is 0 Å². The SMILES string of the molecule is CN(CC1CCCOC1)c1nnc(Br)s1. The lowest BCUT2D eigenvalue weighted by atomic mass is 10.0. The Balaban J connectivity index is 1.88. The van der Waals surface area contributed by atoms with Gasteiger partial charge >= 0.3 is 0 Å². The molecule has 84 valence electrons. The first-order valence-corrected chi connectivity index (χ1v) is 6.64. The fourth-order valence-corrected chi connectivity index (χ4v) is 2.83. The van der Waals surface area contributed by atoms with Gasteiger partial charge in [0.05, 0.1) is 6.61 Å². The molecule has 0 radical (unpaired) electrons. The summed E-state index contributed by atoms with van der Waals surface area (Å²) < 4.78 is 6.29. The van der Waals surface area contributed by atoms with Gasteiger partial charge in [-0.15, -0.1) is 10.2 Å². The first-order chi connectivity index (χ1) is 7.25. The molecule has 1 saturated heterocycles. The summed E-state index contributed by atoms with van der Waals surface area (Å²) in [6, 6.07) is 0. The number of anilines is 1. The molecule has 0 amide bonds. The molecule has 0 aliphatic carbocycles. The maximum Gasteiger partial charge on any atom is 0.208 e. The van der Waals surface area contributed by atoms with Gasteiger partial charge in [0.1, 0.15) is 0 Å². The summed E-state index contributed by atoms with van der Waals surface area (Å²) in [6.45, 7) is 2.80. The first kappa shape index (κ1) is 11.3. The molecule has 1 atom stereocenters. The molecule has 1 aromatic heterocycles. The van der Waals surface area contributed by atoms with Gasteiger partial charge in [0.2, 0.25) is 5.13 Å². The molecule has 0 aromatic carbocycles. The highest BCUT2D eigenvalue weighted by atomic mass is 79.9. The maximum atomic E-state index is 5.46. The van der Waals surface area contributed by atoms with Gasteiger partial charge in [-0.2, -0.15) is 0 Å². The van der Waals surface area contributed by atoms with Gasteiger partial charge in [0.15, 0.2) is 3.92 Å². The summed E-state index contributed by atoms with van der Waals surface area (Å²) in [4.78, 5) is 2.15. The van der Waals surface area contributed by atoms with E-state index in [2.05, 4.69) is 38.1 Å². The van der Waals surface area contributed by atoms with E-state index in [1.54, 1.807) is 11.3 Å². The van der Waals surface area contributed by atoms with E-state index in [0.29, 0.717) is 5.92 Å². The third-order valence-corrected chi connectivity index (χ3v) is 3.97. The highest BCUT2D eigenvalue weighted by Gasteiger charge is 2.17. The Bertz CT molecular complexity index is 314. The van der Waals surface area contributed by atoms with Crippen molar-refractivity contribution >= 4 is 32.4 Å². The van der Waals surface area contributed by atoms with E-state index in [-0.39, 0.29) is 0 Å². The minimum Gasteiger partial charge on any atom is -0.381 e. The van der Waals surface area contributed by atoms with Crippen molar-refractivity contribution in [3.8, 4) is 0 Å². The van der Waals surface area contributed by atoms with Gasteiger partial charge in [-0.3, -0.25) is 0 Å². The van der Waals surface area contributed by atoms with Gasteiger partial charge in [0, 0.05) is 20.2 Å². The molecule has 0 N–H and O–H groups in total. The number of rotatable bonds is 3. The predicted molar refractivity (Wildman–Crippen MR) is 64.4 cm³/mol. The zero-order valence-electron chi connectivity index (χ0n) is 8.65. The average molecular weight is 292 g/mol. The molecule has 15 heavy (non-hydrogen) atoms. The van der Waals surface area contributed by atoms with E-state index in [9.17, 15) is 0 Å². The van der Waals surface area contributed by atoms with Crippen LogP contribution in [0.4, 0.5) is 5.13 Å². The molecule has 1 aliphatic heterocycles. The molecule has 2 heterocycles. The Hall–Kier alpha value is -0.200. The van der Waals surface area contributed by atoms with E-state index in [1.807, 2.05) is 0 Å². The zero-order chi connectivity index (χ0) is 10.7. The van der Waals surface area contributed by atoms with E-state index < -0.39 is 0 Å². The summed E-state index contributed by atoms with van der Waals surface area (Å²) in [5.41, 5.74) is 0. The molecule has 4 nitrogen and oxygen atoms in total. The lowest BCUT2D eigenvalue weighted by Crippen LogP contribution is -2.30. The van der Waals surface area contributed by atoms with Crippen molar-refractivity contribution in [2.45, 2.75) is 12.8 Å². The van der Waals surface area contributed by atoms with Crippen LogP contribution in [-0.4, -0.2) is 37.0 Å². The van der Waals surface area contributed by atoms with Crippen molar-refractivity contribution in [3.05, 3.63) is 3.92 Å². The van der Waals surface area contributed by atoms with Crippen molar-refractivity contribution in [3.63, 3.8) is 0 Å². The molecule has 0 spiro atoms. The number of hydrogen-bond donors (Lipinski definition) is 0. The Morgan fingerprint density at radius 2 is 2.47 bits per heavy atom. The van der Waals surface area contributed by atoms with Crippen molar-refractivity contribution in [1.82, 2.24) is 10.2 Å². The van der Waals surface area contributed by atoms with Gasteiger partial charge in [0.25, 0.3) is 0 Å². The molecule has 2 rings (SSSR count). The number of halogens is 1. The maximum absolute atomic E-state index is 5.46. The number of ether oxygens (including phenoxy) is 1. The van der Waals surface area contributed by atoms with E-state index in [0.717, 1.165) is 28.8 Å². The van der Waals surface area contributed by atoms with Crippen LogP contribution in [0.5, 0.6) is 0 Å². The number of hydrogen-bond acceptors (Lipinski definition) is 5. The number of aromatic nitrogens is 2. The lowest BCUT2D eigenvalue weighted by molar-refractivity contribution is 0.0576. The van der Waals surface area contributed by atoms with Crippen LogP contribution in [-0.2, 0) is 4.74 Å². The van der Waals surface area contributed by atoms with Crippen molar-refractivity contribution in [1.29, 1.82) is 0 Å². The van der Waals surface area contributed by atoms with Crippen LogP contribution in [0, 0.1) is 5.92 Å². The largest absolute Gasteiger partial charge is 0.381 e. The van der Waals surface area contributed by atoms with Crippen LogP contribution in [0.3, 0.4) is 0 Å². The molecule has 1 fully saturated rings. The van der Waals surface area contributed by atoms with Crippen LogP contribution < -0.4 is 4.90 Å². The third kappa shape index (κ3) is 3.12. The van der Waals surface area contributed by atoms with E-state index in [4.69, 9.17) is 4.74 Å². The van der Waals surface area contributed by atoms with Crippen LogP contribution in [0.2, 0.25) is 0 Å². The second-order valence-corrected chi connectivity index (χ2v) is 6.03. The predicted octanol–water partition coefficient (Wildman–Crippen LogP) is 2.16. The Morgan fingerprint density at radius 3 is 3.07 bits per heavy atom. The van der Waals surface area contributed by atoms with Crippen molar-refractivity contribution in [2.75, 3.05) is 31.7 Å². The normalized spacial score (nSPS) is 21.6. The van der Waals surface area contributed by atoms with Gasteiger partial charge < -0.3 is 9.64 Å². The summed E-state index contributed by atoms with van der Waals surface area (Å²) in [6.07, 6.45) is 2.43. The summed E-state index contributed by atoms with van der Waals surface area (Å²) in [7, 11) is 2.06. The molecule has 1 aliphatic rings. The van der Waals surface area contributed by atoms with Gasteiger partial charge in [-0.25, -0.2) is 0 Å². The zero-order valence-corrected chi connectivity index (χ0v) is 11.1. The summed E-state index contributed by atoms with van der Waals surface area (Å²) in [5.74, 6) is 0.631. The van der Waals surface area contributed by atoms with Crippen LogP contribution in [0.15, 0.2) is 3.92 Å². The first-order valence-electron chi connectivity index (χ1n) is 5.03. The molecular weight excluding hydrogens is 278 g/mol. The third-order valence-electron chi connectivity index (χ3n) is 2.50. The topological polar surface area (TPSA) is 38.2 Å². The molecule has 1 aromatic rings. The molecular formula is C9H14BrN3OS. The number of nitrogens with zero attached hydrogens (tertiary/aromatic N) is 3. The van der Waals surface area contributed by atoms with Crippen LogP contribution >= 0.6 is 27.3 Å². The fraction of sp³-hybridized carbons (Fsp3) is 0.778. The van der Waals surface area contributed by atoms with Gasteiger partial charge in [-0.05, 0) is 34.7 Å². The smallest absolute Gasteiger partial charge is 0.208 e. The van der Waals surface area contributed by atoms with Crippen molar-refractivity contribution < 1.29 is 4.74 Å². The summed E-state index contributed by atoms with van der Waals surface area (Å²) >= 11 is 4.88. The van der Waals surface area contributed by atoms with E-state index >= 15 is 0 Å². The van der Waals surface area contributed by atoms with Crippen LogP contribution in [0.1, 0.15) is 12.8 Å². The fourth-order valence-electron chi connectivity index (χ4n) is 1.77. The summed E-state index contributed by atoms with van der Waals surface area (Å²) in [5, 5.41) is 9.00. The Kier molecular flexibility index (Phi) is 3.93. The second kappa shape index (κ2) is 5.23. The second-order valence-electron chi connectivity index (χ2n) is 3.80. The van der Waals surface area contributed by atoms with Crippen molar-refractivity contribution in [2.24, 2.45) is 5.92 Å². The highest BCUT2D eigenvalue weighted by Crippen LogP contribution is 2.24. The Morgan fingerprint density at radius 1 is 1.60 bits per heavy atom.